The molecule has 1 aliphatic heterocycles. The highest BCUT2D eigenvalue weighted by Crippen LogP contribution is 2.28. The molecule has 218 valence electrons. The van der Waals surface area contributed by atoms with E-state index in [1.807, 2.05) is 65.6 Å². The molecule has 1 unspecified atom stereocenters. The number of rotatable bonds is 10. The van der Waals surface area contributed by atoms with Crippen LogP contribution in [0.5, 0.6) is 17.2 Å². The molecule has 2 aromatic heterocycles. The van der Waals surface area contributed by atoms with Crippen LogP contribution in [0.15, 0.2) is 97.5 Å². The number of ether oxygens (including phenoxy) is 2. The number of aromatic amines is 1. The van der Waals surface area contributed by atoms with Crippen LogP contribution >= 0.6 is 0 Å². The van der Waals surface area contributed by atoms with Crippen molar-refractivity contribution in [2.75, 3.05) is 25.0 Å². The van der Waals surface area contributed by atoms with Crippen molar-refractivity contribution in [3.05, 3.63) is 109 Å². The van der Waals surface area contributed by atoms with E-state index < -0.39 is 0 Å². The van der Waals surface area contributed by atoms with Crippen LogP contribution in [0.2, 0.25) is 0 Å². The third kappa shape index (κ3) is 6.67. The van der Waals surface area contributed by atoms with Gasteiger partial charge in [0.25, 0.3) is 5.91 Å². The Morgan fingerprint density at radius 2 is 1.58 bits per heavy atom. The van der Waals surface area contributed by atoms with Crippen molar-refractivity contribution in [3.63, 3.8) is 0 Å². The Labute approximate surface area is 249 Å². The summed E-state index contributed by atoms with van der Waals surface area (Å²) in [5, 5.41) is 4.06. The summed E-state index contributed by atoms with van der Waals surface area (Å²) in [4.78, 5) is 40.7. The first-order valence-corrected chi connectivity index (χ1v) is 14.6. The number of hydrogen-bond donors (Lipinski definition) is 2. The molecule has 9 nitrogen and oxygen atoms in total. The summed E-state index contributed by atoms with van der Waals surface area (Å²) in [5.74, 6) is 2.40. The lowest BCUT2D eigenvalue weighted by Crippen LogP contribution is -2.45. The fraction of sp³-hybridized carbons (Fsp3) is 0.235. The molecule has 1 amide bonds. The Morgan fingerprint density at radius 3 is 2.35 bits per heavy atom. The zero-order chi connectivity index (χ0) is 29.4. The maximum Gasteiger partial charge on any atom is 0.260 e. The first-order chi connectivity index (χ1) is 21.2. The first kappa shape index (κ1) is 28.0. The van der Waals surface area contributed by atoms with E-state index in [2.05, 4.69) is 20.3 Å². The molecule has 1 atom stereocenters. The summed E-state index contributed by atoms with van der Waals surface area (Å²) in [6.07, 6.45) is 7.07. The van der Waals surface area contributed by atoms with Crippen molar-refractivity contribution >= 4 is 28.5 Å². The summed E-state index contributed by atoms with van der Waals surface area (Å²) in [5.41, 5.74) is 1.56. The van der Waals surface area contributed by atoms with Gasteiger partial charge in [0, 0.05) is 30.9 Å². The number of benzene rings is 3. The third-order valence-electron chi connectivity index (χ3n) is 7.62. The Bertz CT molecular complexity index is 1670. The molecule has 3 aromatic carbocycles. The minimum Gasteiger partial charge on any atom is -0.484 e. The van der Waals surface area contributed by atoms with Crippen LogP contribution in [0, 0.1) is 0 Å². The summed E-state index contributed by atoms with van der Waals surface area (Å²) in [7, 11) is 0. The number of fused-ring (bicyclic) bond motifs is 1. The fourth-order valence-electron chi connectivity index (χ4n) is 5.41. The molecule has 9 heteroatoms. The SMILES string of the molecule is O=C(c1ccc(Oc2ccccc2)cc1)c1c[nH]c2ncnc(NCC3CCCCCN3C(=O)COc3ccccc3)c12. The topological polar surface area (TPSA) is 109 Å². The zero-order valence-corrected chi connectivity index (χ0v) is 23.7. The molecule has 0 saturated carbocycles. The standard InChI is InChI=1S/C34H33N5O4/c40-30(22-42-26-11-5-1-6-12-26)39-19-9-3-4-10-25(39)20-35-33-31-29(21-36-34(31)38-23-37-33)32(41)24-15-17-28(18-16-24)43-27-13-7-2-8-14-27/h1-2,5-8,11-18,21,23,25H,3-4,9-10,19-20,22H2,(H2,35,36,37,38). The van der Waals surface area contributed by atoms with Crippen LogP contribution in [0.1, 0.15) is 41.6 Å². The molecule has 0 bridgehead atoms. The maximum absolute atomic E-state index is 13.6. The molecule has 3 heterocycles. The van der Waals surface area contributed by atoms with Gasteiger partial charge in [0.2, 0.25) is 0 Å². The fourth-order valence-corrected chi connectivity index (χ4v) is 5.41. The van der Waals surface area contributed by atoms with E-state index in [-0.39, 0.29) is 24.3 Å². The molecular weight excluding hydrogens is 542 g/mol. The van der Waals surface area contributed by atoms with Crippen LogP contribution in [0.3, 0.4) is 0 Å². The third-order valence-corrected chi connectivity index (χ3v) is 7.62. The van der Waals surface area contributed by atoms with Gasteiger partial charge in [-0.3, -0.25) is 9.59 Å². The van der Waals surface area contributed by atoms with Crippen LogP contribution < -0.4 is 14.8 Å². The number of ketones is 1. The van der Waals surface area contributed by atoms with Crippen LogP contribution in [0.4, 0.5) is 5.82 Å². The van der Waals surface area contributed by atoms with Gasteiger partial charge in [-0.1, -0.05) is 49.2 Å². The number of likely N-dealkylation sites (tertiary alicyclic amines) is 1. The quantitative estimate of drug-likeness (QED) is 0.190. The van der Waals surface area contributed by atoms with Crippen molar-refractivity contribution in [1.29, 1.82) is 0 Å². The van der Waals surface area contributed by atoms with Gasteiger partial charge < -0.3 is 24.7 Å². The predicted octanol–water partition coefficient (Wildman–Crippen LogP) is 6.24. The lowest BCUT2D eigenvalue weighted by Gasteiger charge is -2.30. The van der Waals surface area contributed by atoms with Crippen LogP contribution in [-0.4, -0.2) is 57.3 Å². The van der Waals surface area contributed by atoms with Crippen LogP contribution in [0.25, 0.3) is 11.0 Å². The van der Waals surface area contributed by atoms with Gasteiger partial charge in [0.05, 0.1) is 10.9 Å². The maximum atomic E-state index is 13.6. The van der Waals surface area contributed by atoms with E-state index in [0.29, 0.717) is 52.6 Å². The molecule has 43 heavy (non-hydrogen) atoms. The van der Waals surface area contributed by atoms with Gasteiger partial charge >= 0.3 is 0 Å². The molecule has 0 radical (unpaired) electrons. The Hall–Kier alpha value is -5.18. The second-order valence-corrected chi connectivity index (χ2v) is 10.5. The molecule has 0 spiro atoms. The van der Waals surface area contributed by atoms with Crippen molar-refractivity contribution in [1.82, 2.24) is 19.9 Å². The second-order valence-electron chi connectivity index (χ2n) is 10.5. The minimum absolute atomic E-state index is 0.0100. The van der Waals surface area contributed by atoms with Crippen molar-refractivity contribution in [3.8, 4) is 17.2 Å². The predicted molar refractivity (Wildman–Crippen MR) is 165 cm³/mol. The van der Waals surface area contributed by atoms with E-state index in [4.69, 9.17) is 9.47 Å². The summed E-state index contributed by atoms with van der Waals surface area (Å²) in [6.45, 7) is 1.16. The molecule has 1 saturated heterocycles. The lowest BCUT2D eigenvalue weighted by atomic mass is 10.0. The average Bonchev–Trinajstić information content (AvgIpc) is 3.35. The van der Waals surface area contributed by atoms with Gasteiger partial charge in [0.15, 0.2) is 12.4 Å². The lowest BCUT2D eigenvalue weighted by molar-refractivity contribution is -0.135. The molecule has 6 rings (SSSR count). The zero-order valence-electron chi connectivity index (χ0n) is 23.7. The molecule has 0 aliphatic carbocycles. The number of H-pyrrole nitrogens is 1. The Kier molecular flexibility index (Phi) is 8.59. The number of carbonyl (C=O) groups is 2. The number of amides is 1. The number of para-hydroxylation sites is 2. The molecular formula is C34H33N5O4. The molecule has 1 fully saturated rings. The normalized spacial score (nSPS) is 15.1. The molecule has 1 aliphatic rings. The highest BCUT2D eigenvalue weighted by atomic mass is 16.5. The van der Waals surface area contributed by atoms with Crippen molar-refractivity contribution < 1.29 is 19.1 Å². The van der Waals surface area contributed by atoms with Crippen LogP contribution in [-0.2, 0) is 4.79 Å². The average molecular weight is 576 g/mol. The van der Waals surface area contributed by atoms with E-state index in [9.17, 15) is 9.59 Å². The van der Waals surface area contributed by atoms with Gasteiger partial charge in [0.1, 0.15) is 35.0 Å². The van der Waals surface area contributed by atoms with E-state index >= 15 is 0 Å². The Morgan fingerprint density at radius 1 is 0.860 bits per heavy atom. The summed E-state index contributed by atoms with van der Waals surface area (Å²) in [6, 6.07) is 25.9. The largest absolute Gasteiger partial charge is 0.484 e. The molecule has 2 N–H and O–H groups in total. The van der Waals surface area contributed by atoms with E-state index in [1.54, 1.807) is 30.5 Å². The number of nitrogens with one attached hydrogen (secondary N) is 2. The van der Waals surface area contributed by atoms with Gasteiger partial charge in [-0.05, 0) is 61.4 Å². The summed E-state index contributed by atoms with van der Waals surface area (Å²) >= 11 is 0. The smallest absolute Gasteiger partial charge is 0.260 e. The van der Waals surface area contributed by atoms with E-state index in [0.717, 1.165) is 31.4 Å². The second kappa shape index (κ2) is 13.2. The monoisotopic (exact) mass is 575 g/mol. The number of anilines is 1. The number of hydrogen-bond acceptors (Lipinski definition) is 7. The minimum atomic E-state index is -0.153. The number of nitrogens with zero attached hydrogens (tertiary/aromatic N) is 3. The van der Waals surface area contributed by atoms with Gasteiger partial charge in [-0.2, -0.15) is 0 Å². The highest BCUT2D eigenvalue weighted by Gasteiger charge is 2.27. The Balaban J connectivity index is 1.16. The van der Waals surface area contributed by atoms with E-state index in [1.165, 1.54) is 6.33 Å². The van der Waals surface area contributed by atoms with Gasteiger partial charge in [-0.25, -0.2) is 9.97 Å². The number of carbonyl (C=O) groups excluding carboxylic acids is 2. The van der Waals surface area contributed by atoms with Crippen molar-refractivity contribution in [2.45, 2.75) is 31.7 Å². The highest BCUT2D eigenvalue weighted by molar-refractivity contribution is 6.18. The number of aromatic nitrogens is 3. The van der Waals surface area contributed by atoms with Crippen molar-refractivity contribution in [2.24, 2.45) is 0 Å². The first-order valence-electron chi connectivity index (χ1n) is 14.6. The summed E-state index contributed by atoms with van der Waals surface area (Å²) < 4.78 is 11.6. The molecule has 5 aromatic rings. The van der Waals surface area contributed by atoms with Gasteiger partial charge in [-0.15, -0.1) is 0 Å².